The van der Waals surface area contributed by atoms with Crippen LogP contribution in [0.1, 0.15) is 0 Å². The highest BCUT2D eigenvalue weighted by Crippen LogP contribution is 1.86. The Kier molecular flexibility index (Phi) is 8.34. The SMILES string of the molecule is C=CCn1cc[n+](C[n+]2ccn(CC=C)c2)c1.[Br-].[Br-]. The number of hydrogen-bond acceptors (Lipinski definition) is 0. The van der Waals surface area contributed by atoms with E-state index in [2.05, 4.69) is 56.5 Å². The molecule has 0 fully saturated rings. The van der Waals surface area contributed by atoms with E-state index in [9.17, 15) is 0 Å². The van der Waals surface area contributed by atoms with Crippen LogP contribution in [-0.4, -0.2) is 9.13 Å². The number of hydrogen-bond donors (Lipinski definition) is 0. The van der Waals surface area contributed by atoms with Crippen LogP contribution in [0.25, 0.3) is 0 Å². The third kappa shape index (κ3) is 5.16. The van der Waals surface area contributed by atoms with Crippen molar-refractivity contribution >= 4 is 0 Å². The van der Waals surface area contributed by atoms with Gasteiger partial charge < -0.3 is 34.0 Å². The zero-order valence-electron chi connectivity index (χ0n) is 10.7. The number of allylic oxidation sites excluding steroid dienone is 2. The van der Waals surface area contributed by atoms with Crippen molar-refractivity contribution in [2.45, 2.75) is 19.8 Å². The molecule has 0 atom stereocenters. The van der Waals surface area contributed by atoms with Crippen molar-refractivity contribution in [3.8, 4) is 0 Å². The first-order valence-corrected chi connectivity index (χ1v) is 5.63. The molecule has 0 unspecified atom stereocenters. The van der Waals surface area contributed by atoms with Crippen molar-refractivity contribution in [1.29, 1.82) is 0 Å². The fraction of sp³-hybridized carbons (Fsp3) is 0.231. The van der Waals surface area contributed by atoms with Crippen LogP contribution in [-0.2, 0) is 19.8 Å². The van der Waals surface area contributed by atoms with E-state index < -0.39 is 0 Å². The molecule has 0 spiro atoms. The maximum absolute atomic E-state index is 3.72. The number of halogens is 2. The molecule has 0 saturated carbocycles. The molecule has 6 heteroatoms. The first-order valence-electron chi connectivity index (χ1n) is 5.63. The molecular formula is C13H18Br2N4. The summed E-state index contributed by atoms with van der Waals surface area (Å²) in [5, 5.41) is 0. The number of aromatic nitrogens is 4. The topological polar surface area (TPSA) is 17.6 Å². The van der Waals surface area contributed by atoms with Crippen LogP contribution in [0.15, 0.2) is 62.8 Å². The van der Waals surface area contributed by atoms with Crippen LogP contribution in [0, 0.1) is 0 Å². The Labute approximate surface area is 134 Å². The molecule has 0 saturated heterocycles. The van der Waals surface area contributed by atoms with Crippen molar-refractivity contribution < 1.29 is 43.1 Å². The predicted molar refractivity (Wildman–Crippen MR) is 65.0 cm³/mol. The maximum atomic E-state index is 3.72. The largest absolute Gasteiger partial charge is 1.00 e. The molecule has 104 valence electrons. The van der Waals surface area contributed by atoms with Crippen LogP contribution in [0.3, 0.4) is 0 Å². The summed E-state index contributed by atoms with van der Waals surface area (Å²) in [6, 6.07) is 0. The lowest BCUT2D eigenvalue weighted by Crippen LogP contribution is -3.00. The molecule has 2 aromatic rings. The molecule has 0 radical (unpaired) electrons. The fourth-order valence-electron chi connectivity index (χ4n) is 1.75. The molecule has 2 heterocycles. The summed E-state index contributed by atoms with van der Waals surface area (Å²) >= 11 is 0. The second kappa shape index (κ2) is 8.87. The van der Waals surface area contributed by atoms with Gasteiger partial charge in [-0.2, -0.15) is 9.13 Å². The van der Waals surface area contributed by atoms with Crippen LogP contribution >= 0.6 is 0 Å². The molecule has 0 aliphatic heterocycles. The molecule has 0 amide bonds. The van der Waals surface area contributed by atoms with Gasteiger partial charge in [-0.15, -0.1) is 0 Å². The van der Waals surface area contributed by atoms with E-state index in [0.717, 1.165) is 19.8 Å². The zero-order chi connectivity index (χ0) is 12.1. The summed E-state index contributed by atoms with van der Waals surface area (Å²) in [6.45, 7) is 9.95. The summed E-state index contributed by atoms with van der Waals surface area (Å²) < 4.78 is 8.44. The summed E-state index contributed by atoms with van der Waals surface area (Å²) in [5.41, 5.74) is 0. The second-order valence-corrected chi connectivity index (χ2v) is 3.97. The first kappa shape index (κ1) is 17.9. The third-order valence-corrected chi connectivity index (χ3v) is 2.50. The molecule has 0 bridgehead atoms. The van der Waals surface area contributed by atoms with Gasteiger partial charge in [0.1, 0.15) is 37.9 Å². The first-order chi connectivity index (χ1) is 8.31. The van der Waals surface area contributed by atoms with Gasteiger partial charge in [-0.1, -0.05) is 25.3 Å². The minimum absolute atomic E-state index is 0. The minimum Gasteiger partial charge on any atom is -1.00 e. The van der Waals surface area contributed by atoms with Crippen molar-refractivity contribution in [3.63, 3.8) is 0 Å². The Morgan fingerprint density at radius 1 is 0.842 bits per heavy atom. The van der Waals surface area contributed by atoms with Crippen molar-refractivity contribution in [2.24, 2.45) is 0 Å². The lowest BCUT2D eigenvalue weighted by atomic mass is 10.6. The summed E-state index contributed by atoms with van der Waals surface area (Å²) in [6.07, 6.45) is 16.1. The van der Waals surface area contributed by atoms with Gasteiger partial charge in [-0.05, 0) is 0 Å². The van der Waals surface area contributed by atoms with Gasteiger partial charge in [0.25, 0.3) is 0 Å². The quantitative estimate of drug-likeness (QED) is 0.347. The monoisotopic (exact) mass is 388 g/mol. The molecule has 19 heavy (non-hydrogen) atoms. The Bertz CT molecular complexity index is 470. The van der Waals surface area contributed by atoms with Crippen molar-refractivity contribution in [1.82, 2.24) is 9.13 Å². The van der Waals surface area contributed by atoms with Gasteiger partial charge in [0, 0.05) is 0 Å². The van der Waals surface area contributed by atoms with Gasteiger partial charge in [0.05, 0.1) is 0 Å². The van der Waals surface area contributed by atoms with Crippen LogP contribution in [0.2, 0.25) is 0 Å². The normalized spacial score (nSPS) is 9.26. The smallest absolute Gasteiger partial charge is 0.247 e. The van der Waals surface area contributed by atoms with E-state index in [1.807, 2.05) is 24.5 Å². The molecule has 0 N–H and O–H groups in total. The lowest BCUT2D eigenvalue weighted by molar-refractivity contribution is -0.912. The van der Waals surface area contributed by atoms with Gasteiger partial charge >= 0.3 is 0 Å². The number of rotatable bonds is 6. The average Bonchev–Trinajstić information content (AvgIpc) is 2.91. The highest BCUT2D eigenvalue weighted by atomic mass is 79.9. The van der Waals surface area contributed by atoms with E-state index in [1.165, 1.54) is 0 Å². The number of nitrogens with zero attached hydrogens (tertiary/aromatic N) is 4. The molecule has 4 nitrogen and oxygen atoms in total. The van der Waals surface area contributed by atoms with E-state index in [1.54, 1.807) is 0 Å². The molecular weight excluding hydrogens is 372 g/mol. The van der Waals surface area contributed by atoms with E-state index in [0.29, 0.717) is 0 Å². The van der Waals surface area contributed by atoms with Gasteiger partial charge in [-0.25, -0.2) is 9.13 Å². The Hall–Kier alpha value is -1.14. The number of imidazole rings is 2. The Morgan fingerprint density at radius 3 is 1.63 bits per heavy atom. The van der Waals surface area contributed by atoms with Gasteiger partial charge in [-0.3, -0.25) is 0 Å². The minimum atomic E-state index is 0. The molecule has 0 aliphatic rings. The summed E-state index contributed by atoms with van der Waals surface area (Å²) in [5.74, 6) is 0. The van der Waals surface area contributed by atoms with Crippen LogP contribution in [0.4, 0.5) is 0 Å². The highest BCUT2D eigenvalue weighted by molar-refractivity contribution is 4.75. The molecule has 0 aliphatic carbocycles. The van der Waals surface area contributed by atoms with Gasteiger partial charge in [0.2, 0.25) is 19.3 Å². The fourth-order valence-corrected chi connectivity index (χ4v) is 1.75. The maximum Gasteiger partial charge on any atom is 0.247 e. The zero-order valence-corrected chi connectivity index (χ0v) is 13.9. The van der Waals surface area contributed by atoms with Crippen molar-refractivity contribution in [2.75, 3.05) is 0 Å². The Balaban J connectivity index is 0.00000162. The summed E-state index contributed by atoms with van der Waals surface area (Å²) in [7, 11) is 0. The summed E-state index contributed by atoms with van der Waals surface area (Å²) in [4.78, 5) is 0. The van der Waals surface area contributed by atoms with Crippen molar-refractivity contribution in [3.05, 3.63) is 62.8 Å². The van der Waals surface area contributed by atoms with E-state index >= 15 is 0 Å². The third-order valence-electron chi connectivity index (χ3n) is 2.50. The van der Waals surface area contributed by atoms with Crippen LogP contribution in [0.5, 0.6) is 0 Å². The highest BCUT2D eigenvalue weighted by Gasteiger charge is 2.07. The molecule has 0 aromatic carbocycles. The molecule has 2 rings (SSSR count). The van der Waals surface area contributed by atoms with E-state index in [-0.39, 0.29) is 34.0 Å². The lowest BCUT2D eigenvalue weighted by Gasteiger charge is -1.91. The average molecular weight is 390 g/mol. The standard InChI is InChI=1S/C13H18N4.2BrH/c1-3-5-14-7-9-16(11-14)13-17-10-8-15(12-17)6-4-2;;/h3-4,7-12H,1-2,5-6,13H2;2*1H/q+2;;/p-2. The Morgan fingerprint density at radius 2 is 1.26 bits per heavy atom. The van der Waals surface area contributed by atoms with E-state index in [4.69, 9.17) is 0 Å². The van der Waals surface area contributed by atoms with Gasteiger partial charge in [0.15, 0.2) is 0 Å². The van der Waals surface area contributed by atoms with Crippen LogP contribution < -0.4 is 43.1 Å². The molecule has 2 aromatic heterocycles. The predicted octanol–water partition coefficient (Wildman–Crippen LogP) is -5.25. The second-order valence-electron chi connectivity index (χ2n) is 3.97.